The minimum absolute atomic E-state index is 0.350. The molecule has 1 N–H and O–H groups in total. The second-order valence-electron chi connectivity index (χ2n) is 5.84. The molecule has 23 heavy (non-hydrogen) atoms. The summed E-state index contributed by atoms with van der Waals surface area (Å²) in [5, 5.41) is 14.7. The number of hydrogen-bond acceptors (Lipinski definition) is 3. The van der Waals surface area contributed by atoms with E-state index in [2.05, 4.69) is 28.3 Å². The molecule has 0 saturated carbocycles. The molecule has 0 bridgehead atoms. The highest BCUT2D eigenvalue weighted by Crippen LogP contribution is 2.29. The van der Waals surface area contributed by atoms with Crippen LogP contribution >= 0.6 is 0 Å². The van der Waals surface area contributed by atoms with Gasteiger partial charge >= 0.3 is 5.97 Å². The number of pyridine rings is 1. The molecule has 1 aromatic carbocycles. The van der Waals surface area contributed by atoms with E-state index < -0.39 is 5.97 Å². The van der Waals surface area contributed by atoms with Crippen LogP contribution in [0.25, 0.3) is 17.0 Å². The van der Waals surface area contributed by atoms with E-state index in [0.717, 1.165) is 28.6 Å². The van der Waals surface area contributed by atoms with Crippen LogP contribution in [0.15, 0.2) is 42.2 Å². The van der Waals surface area contributed by atoms with Crippen molar-refractivity contribution in [2.24, 2.45) is 7.05 Å². The van der Waals surface area contributed by atoms with Crippen molar-refractivity contribution in [3.8, 4) is 0 Å². The van der Waals surface area contributed by atoms with Crippen LogP contribution < -0.4 is 0 Å². The fourth-order valence-corrected chi connectivity index (χ4v) is 3.17. The average Bonchev–Trinajstić information content (AvgIpc) is 3.10. The Bertz CT molecular complexity index is 970. The largest absolute Gasteiger partial charge is 0.478 e. The molecule has 0 fully saturated rings. The van der Waals surface area contributed by atoms with Crippen molar-refractivity contribution in [3.05, 3.63) is 64.6 Å². The zero-order chi connectivity index (χ0) is 16.0. The number of carbonyl (C=O) groups is 1. The van der Waals surface area contributed by atoms with E-state index in [1.807, 2.05) is 24.0 Å². The smallest absolute Gasteiger partial charge is 0.336 e. The Morgan fingerprint density at radius 3 is 3.04 bits per heavy atom. The first-order valence-electron chi connectivity index (χ1n) is 7.43. The second-order valence-corrected chi connectivity index (χ2v) is 5.84. The summed E-state index contributed by atoms with van der Waals surface area (Å²) in [7, 11) is 1.93. The van der Waals surface area contributed by atoms with Gasteiger partial charge in [0.15, 0.2) is 0 Å². The van der Waals surface area contributed by atoms with Gasteiger partial charge in [0.25, 0.3) is 0 Å². The summed E-state index contributed by atoms with van der Waals surface area (Å²) in [6, 6.07) is 7.87. The molecule has 2 heterocycles. The van der Waals surface area contributed by atoms with Crippen LogP contribution in [0.2, 0.25) is 0 Å². The molecule has 0 radical (unpaired) electrons. The molecule has 3 aromatic rings. The van der Waals surface area contributed by atoms with Crippen LogP contribution in [-0.2, 0) is 19.9 Å². The number of aromatic carboxylic acids is 1. The van der Waals surface area contributed by atoms with Gasteiger partial charge in [-0.15, -0.1) is 0 Å². The van der Waals surface area contributed by atoms with Gasteiger partial charge in [0, 0.05) is 18.6 Å². The molecule has 1 aliphatic carbocycles. The third-order valence-electron chi connectivity index (χ3n) is 4.31. The van der Waals surface area contributed by atoms with Gasteiger partial charge in [0.1, 0.15) is 0 Å². The first kappa shape index (κ1) is 13.7. The lowest BCUT2D eigenvalue weighted by Gasteiger charge is -2.05. The van der Waals surface area contributed by atoms with Gasteiger partial charge < -0.3 is 5.11 Å². The van der Waals surface area contributed by atoms with Crippen LogP contribution in [0.4, 0.5) is 0 Å². The number of aryl methyl sites for hydroxylation is 1. The number of benzene rings is 1. The van der Waals surface area contributed by atoms with Crippen LogP contribution in [-0.4, -0.2) is 25.8 Å². The third-order valence-corrected chi connectivity index (χ3v) is 4.31. The molecule has 0 saturated heterocycles. The molecule has 0 aliphatic heterocycles. The zero-order valence-corrected chi connectivity index (χ0v) is 12.7. The maximum absolute atomic E-state index is 11.3. The van der Waals surface area contributed by atoms with Crippen LogP contribution in [0.5, 0.6) is 0 Å². The van der Waals surface area contributed by atoms with E-state index in [1.54, 1.807) is 12.3 Å². The lowest BCUT2D eigenvalue weighted by Crippen LogP contribution is -2.04. The van der Waals surface area contributed by atoms with Gasteiger partial charge in [-0.2, -0.15) is 5.10 Å². The van der Waals surface area contributed by atoms with E-state index in [9.17, 15) is 9.90 Å². The lowest BCUT2D eigenvalue weighted by atomic mass is 10.0. The molecule has 1 aliphatic rings. The predicted molar refractivity (Wildman–Crippen MR) is 87.3 cm³/mol. The molecule has 0 unspecified atom stereocenters. The van der Waals surface area contributed by atoms with Gasteiger partial charge in [0.2, 0.25) is 0 Å². The van der Waals surface area contributed by atoms with Gasteiger partial charge in [-0.1, -0.05) is 17.7 Å². The Labute approximate surface area is 132 Å². The molecule has 0 atom stereocenters. The number of carboxylic acids is 1. The monoisotopic (exact) mass is 305 g/mol. The highest BCUT2D eigenvalue weighted by Gasteiger charge is 2.20. The number of fused-ring (bicyclic) bond motifs is 2. The summed E-state index contributed by atoms with van der Waals surface area (Å²) in [5.41, 5.74) is 5.42. The molecule has 114 valence electrons. The van der Waals surface area contributed by atoms with Crippen LogP contribution in [0, 0.1) is 0 Å². The Hall–Kier alpha value is -2.95. The fraction of sp³-hybridized carbons (Fsp3) is 0.167. The minimum Gasteiger partial charge on any atom is -0.478 e. The molecule has 2 aromatic heterocycles. The summed E-state index contributed by atoms with van der Waals surface area (Å²) in [4.78, 5) is 15.6. The van der Waals surface area contributed by atoms with Gasteiger partial charge in [0.05, 0.1) is 23.0 Å². The Morgan fingerprint density at radius 1 is 1.35 bits per heavy atom. The minimum atomic E-state index is -0.894. The Kier molecular flexibility index (Phi) is 3.01. The number of hydrogen-bond donors (Lipinski definition) is 1. The van der Waals surface area contributed by atoms with Crippen molar-refractivity contribution in [2.75, 3.05) is 0 Å². The van der Waals surface area contributed by atoms with Gasteiger partial charge in [-0.05, 0) is 42.2 Å². The third kappa shape index (κ3) is 2.30. The van der Waals surface area contributed by atoms with E-state index in [-0.39, 0.29) is 0 Å². The first-order valence-corrected chi connectivity index (χ1v) is 7.43. The Balaban J connectivity index is 1.64. The number of allylic oxidation sites excluding steroid dienone is 1. The molecule has 4 rings (SSSR count). The number of rotatable bonds is 3. The second kappa shape index (κ2) is 5.05. The summed E-state index contributed by atoms with van der Waals surface area (Å²) in [6.07, 6.45) is 6.86. The number of nitrogens with zero attached hydrogens (tertiary/aromatic N) is 3. The van der Waals surface area contributed by atoms with Crippen molar-refractivity contribution >= 4 is 22.9 Å². The van der Waals surface area contributed by atoms with Gasteiger partial charge in [-0.25, -0.2) is 4.79 Å². The van der Waals surface area contributed by atoms with Crippen molar-refractivity contribution < 1.29 is 9.90 Å². The highest BCUT2D eigenvalue weighted by molar-refractivity contribution is 5.91. The van der Waals surface area contributed by atoms with Crippen molar-refractivity contribution in [2.45, 2.75) is 12.8 Å². The highest BCUT2D eigenvalue weighted by atomic mass is 16.4. The van der Waals surface area contributed by atoms with Crippen molar-refractivity contribution in [1.29, 1.82) is 0 Å². The topological polar surface area (TPSA) is 68.0 Å². The van der Waals surface area contributed by atoms with E-state index in [4.69, 9.17) is 0 Å². The first-order chi connectivity index (χ1) is 11.1. The predicted octanol–water partition coefficient (Wildman–Crippen LogP) is 2.85. The summed E-state index contributed by atoms with van der Waals surface area (Å²) >= 11 is 0. The lowest BCUT2D eigenvalue weighted by molar-refractivity contribution is 0.0695. The fourth-order valence-electron chi connectivity index (χ4n) is 3.17. The van der Waals surface area contributed by atoms with Crippen LogP contribution in [0.3, 0.4) is 0 Å². The molecular formula is C18H15N3O2. The Morgan fingerprint density at radius 2 is 2.22 bits per heavy atom. The molecule has 0 spiro atoms. The molecule has 5 nitrogen and oxygen atoms in total. The summed E-state index contributed by atoms with van der Waals surface area (Å²) < 4.78 is 1.86. The van der Waals surface area contributed by atoms with Gasteiger partial charge in [-0.3, -0.25) is 9.67 Å². The standard InChI is InChI=1S/C18H15N3O2/c1-21-17-9-11(2-3-13(17)10-20-21)6-12-7-15-14(18(22)23)4-5-19-16(15)8-12/h2-5,8-10H,6-7H2,1H3,(H,22,23). The van der Waals surface area contributed by atoms with E-state index in [1.165, 1.54) is 11.1 Å². The summed E-state index contributed by atoms with van der Waals surface area (Å²) in [5.74, 6) is -0.894. The van der Waals surface area contributed by atoms with E-state index >= 15 is 0 Å². The molecule has 5 heteroatoms. The maximum atomic E-state index is 11.3. The van der Waals surface area contributed by atoms with E-state index in [0.29, 0.717) is 12.0 Å². The SMILES string of the molecule is Cn1ncc2ccc(CC3=Cc4nccc(C(=O)O)c4C3)cc21. The molecular weight excluding hydrogens is 290 g/mol. The number of aromatic nitrogens is 3. The molecule has 0 amide bonds. The van der Waals surface area contributed by atoms with Crippen molar-refractivity contribution in [3.63, 3.8) is 0 Å². The normalized spacial score (nSPS) is 13.2. The van der Waals surface area contributed by atoms with Crippen molar-refractivity contribution in [1.82, 2.24) is 14.8 Å². The zero-order valence-electron chi connectivity index (χ0n) is 12.7. The van der Waals surface area contributed by atoms with Crippen LogP contribution in [0.1, 0.15) is 27.2 Å². The average molecular weight is 305 g/mol. The summed E-state index contributed by atoms with van der Waals surface area (Å²) in [6.45, 7) is 0. The quantitative estimate of drug-likeness (QED) is 0.808. The maximum Gasteiger partial charge on any atom is 0.336 e. The number of carboxylic acid groups (broad SMARTS) is 1.